The second-order valence-corrected chi connectivity index (χ2v) is 10.9. The van der Waals surface area contributed by atoms with Crippen LogP contribution in [0.25, 0.3) is 17.2 Å². The Morgan fingerprint density at radius 2 is 1.56 bits per heavy atom. The Bertz CT molecular complexity index is 1370. The minimum Gasteiger partial charge on any atom is -0.449 e. The number of nitrogens with one attached hydrogen (secondary N) is 1. The molecular formula is C30H31BF2N2O4. The first kappa shape index (κ1) is 26.9. The lowest BCUT2D eigenvalue weighted by atomic mass is 9.76. The van der Waals surface area contributed by atoms with Crippen molar-refractivity contribution >= 4 is 25.0 Å². The number of rotatable bonds is 6. The van der Waals surface area contributed by atoms with Crippen LogP contribution >= 0.6 is 0 Å². The highest BCUT2D eigenvalue weighted by Gasteiger charge is 2.52. The van der Waals surface area contributed by atoms with E-state index in [4.69, 9.17) is 19.8 Å². The number of amides is 1. The van der Waals surface area contributed by atoms with E-state index in [0.717, 1.165) is 34.4 Å². The van der Waals surface area contributed by atoms with Crippen molar-refractivity contribution in [2.24, 2.45) is 0 Å². The van der Waals surface area contributed by atoms with E-state index in [1.807, 2.05) is 64.1 Å². The van der Waals surface area contributed by atoms with Crippen molar-refractivity contribution in [1.82, 2.24) is 5.32 Å². The van der Waals surface area contributed by atoms with Crippen LogP contribution in [0.1, 0.15) is 50.3 Å². The summed E-state index contributed by atoms with van der Waals surface area (Å²) in [6.07, 6.45) is 0.780. The van der Waals surface area contributed by atoms with Crippen LogP contribution < -0.4 is 11.1 Å². The summed E-state index contributed by atoms with van der Waals surface area (Å²) in [5.74, 6) is -1.70. The van der Waals surface area contributed by atoms with Crippen LogP contribution in [-0.2, 0) is 14.0 Å². The van der Waals surface area contributed by atoms with Gasteiger partial charge in [-0.2, -0.15) is 0 Å². The van der Waals surface area contributed by atoms with Crippen molar-refractivity contribution < 1.29 is 27.6 Å². The quantitative estimate of drug-likeness (QED) is 0.296. The lowest BCUT2D eigenvalue weighted by Crippen LogP contribution is -2.41. The zero-order valence-corrected chi connectivity index (χ0v) is 22.4. The van der Waals surface area contributed by atoms with Crippen LogP contribution in [0.2, 0.25) is 0 Å². The molecule has 39 heavy (non-hydrogen) atoms. The topological polar surface area (TPSA) is 82.8 Å². The number of alkyl carbamates (subject to hydrolysis) is 1. The molecule has 1 fully saturated rings. The number of hydrogen-bond donors (Lipinski definition) is 2. The highest BCUT2D eigenvalue weighted by atomic mass is 19.1. The monoisotopic (exact) mass is 532 g/mol. The first-order valence-corrected chi connectivity index (χ1v) is 12.9. The molecule has 9 heteroatoms. The predicted octanol–water partition coefficient (Wildman–Crippen LogP) is 6.10. The molecular weight excluding hydrogens is 501 g/mol. The summed E-state index contributed by atoms with van der Waals surface area (Å²) in [6, 6.07) is 17.9. The lowest BCUT2D eigenvalue weighted by Gasteiger charge is -2.32. The Balaban J connectivity index is 1.33. The summed E-state index contributed by atoms with van der Waals surface area (Å²) in [4.78, 5) is 12.8. The molecule has 1 saturated heterocycles. The number of hydrogen-bond acceptors (Lipinski definition) is 5. The van der Waals surface area contributed by atoms with E-state index in [1.165, 1.54) is 6.08 Å². The van der Waals surface area contributed by atoms with Gasteiger partial charge in [0.15, 0.2) is 0 Å². The Morgan fingerprint density at radius 3 is 2.13 bits per heavy atom. The summed E-state index contributed by atoms with van der Waals surface area (Å²) >= 11 is 0. The van der Waals surface area contributed by atoms with Crippen molar-refractivity contribution in [2.75, 3.05) is 18.9 Å². The number of nitrogens with two attached hydrogens (primary N) is 1. The minimum atomic E-state index is -0.896. The number of fused-ring (bicyclic) bond motifs is 3. The summed E-state index contributed by atoms with van der Waals surface area (Å²) in [5, 5.41) is 2.73. The van der Waals surface area contributed by atoms with Gasteiger partial charge in [0.1, 0.15) is 18.2 Å². The fraction of sp³-hybridized carbons (Fsp3) is 0.300. The van der Waals surface area contributed by atoms with Gasteiger partial charge in [0.25, 0.3) is 0 Å². The van der Waals surface area contributed by atoms with Gasteiger partial charge >= 0.3 is 13.2 Å². The van der Waals surface area contributed by atoms with Crippen LogP contribution in [0.3, 0.4) is 0 Å². The molecule has 3 N–H and O–H groups in total. The van der Waals surface area contributed by atoms with Crippen LogP contribution in [0.4, 0.5) is 19.3 Å². The third-order valence-electron chi connectivity index (χ3n) is 7.79. The van der Waals surface area contributed by atoms with E-state index in [2.05, 4.69) is 17.4 Å². The molecule has 0 radical (unpaired) electrons. The van der Waals surface area contributed by atoms with E-state index in [1.54, 1.807) is 0 Å². The van der Waals surface area contributed by atoms with Gasteiger partial charge < -0.3 is 25.1 Å². The zero-order valence-electron chi connectivity index (χ0n) is 22.4. The number of halogens is 2. The Morgan fingerprint density at radius 1 is 1.00 bits per heavy atom. The summed E-state index contributed by atoms with van der Waals surface area (Å²) < 4.78 is 46.2. The molecule has 5 rings (SSSR count). The van der Waals surface area contributed by atoms with Gasteiger partial charge in [0, 0.05) is 29.8 Å². The maximum Gasteiger partial charge on any atom is 0.492 e. The molecule has 0 bridgehead atoms. The average molecular weight is 532 g/mol. The normalized spacial score (nSPS) is 17.6. The minimum absolute atomic E-state index is 0.0181. The maximum atomic E-state index is 14.6. The number of nitrogen functional groups attached to an aromatic ring is 1. The molecule has 3 aromatic carbocycles. The molecule has 0 spiro atoms. The van der Waals surface area contributed by atoms with Crippen LogP contribution in [-0.4, -0.2) is 37.6 Å². The van der Waals surface area contributed by atoms with Crippen molar-refractivity contribution in [3.63, 3.8) is 0 Å². The highest BCUT2D eigenvalue weighted by Crippen LogP contribution is 2.44. The fourth-order valence-corrected chi connectivity index (χ4v) is 4.96. The number of carbonyl (C=O) groups excluding carboxylic acids is 1. The smallest absolute Gasteiger partial charge is 0.449 e. The fourth-order valence-electron chi connectivity index (χ4n) is 4.96. The van der Waals surface area contributed by atoms with Crippen LogP contribution in [0.15, 0.2) is 66.1 Å². The van der Waals surface area contributed by atoms with Gasteiger partial charge in [-0.25, -0.2) is 13.6 Å². The van der Waals surface area contributed by atoms with Crippen molar-refractivity contribution in [3.8, 4) is 11.1 Å². The zero-order chi connectivity index (χ0) is 27.9. The highest BCUT2D eigenvalue weighted by molar-refractivity contribution is 6.56. The van der Waals surface area contributed by atoms with Crippen molar-refractivity contribution in [3.05, 3.63) is 94.5 Å². The number of anilines is 1. The summed E-state index contributed by atoms with van der Waals surface area (Å²) in [7, 11) is -0.896. The van der Waals surface area contributed by atoms with Gasteiger partial charge in [0.05, 0.1) is 11.2 Å². The van der Waals surface area contributed by atoms with Gasteiger partial charge in [-0.1, -0.05) is 54.6 Å². The molecule has 3 aromatic rings. The standard InChI is InChI=1S/C30H31BF2N2O4/c1-29(2)30(3,4)39-31(38-29)18(13-24-26(33)14-19(32)15-27(24)34)16-35-28(36)37-17-25-22-11-7-5-9-20(22)21-10-6-8-12-23(21)25/h5-15,25H,16-17,34H2,1-4H3,(H,35,36). The van der Waals surface area contributed by atoms with E-state index in [0.29, 0.717) is 5.47 Å². The molecule has 0 unspecified atom stereocenters. The molecule has 0 aromatic heterocycles. The Labute approximate surface area is 227 Å². The van der Waals surface area contributed by atoms with Crippen LogP contribution in [0, 0.1) is 11.6 Å². The predicted molar refractivity (Wildman–Crippen MR) is 148 cm³/mol. The molecule has 1 aliphatic carbocycles. The second kappa shape index (κ2) is 10.1. The van der Waals surface area contributed by atoms with Crippen LogP contribution in [0.5, 0.6) is 0 Å². The third kappa shape index (κ3) is 5.16. The maximum absolute atomic E-state index is 14.6. The van der Waals surface area contributed by atoms with E-state index in [-0.39, 0.29) is 30.3 Å². The number of ether oxygens (including phenoxy) is 1. The molecule has 0 atom stereocenters. The molecule has 202 valence electrons. The molecule has 1 heterocycles. The first-order valence-electron chi connectivity index (χ1n) is 12.9. The average Bonchev–Trinajstić information content (AvgIpc) is 3.31. The summed E-state index contributed by atoms with van der Waals surface area (Å²) in [6.45, 7) is 7.62. The van der Waals surface area contributed by atoms with E-state index in [9.17, 15) is 13.6 Å². The Hall–Kier alpha value is -3.69. The third-order valence-corrected chi connectivity index (χ3v) is 7.79. The molecule has 0 saturated carbocycles. The van der Waals surface area contributed by atoms with Crippen molar-refractivity contribution in [1.29, 1.82) is 0 Å². The summed E-state index contributed by atoms with van der Waals surface area (Å²) in [5.41, 5.74) is 9.34. The molecule has 1 aliphatic heterocycles. The lowest BCUT2D eigenvalue weighted by molar-refractivity contribution is 0.00578. The Kier molecular flexibility index (Phi) is 6.99. The van der Waals surface area contributed by atoms with Gasteiger partial charge in [-0.3, -0.25) is 0 Å². The number of carbonyl (C=O) groups is 1. The van der Waals surface area contributed by atoms with E-state index >= 15 is 0 Å². The van der Waals surface area contributed by atoms with Gasteiger partial charge in [-0.05, 0) is 61.5 Å². The van der Waals surface area contributed by atoms with Crippen molar-refractivity contribution in [2.45, 2.75) is 44.8 Å². The first-order chi connectivity index (χ1) is 18.5. The van der Waals surface area contributed by atoms with E-state index < -0.39 is 36.0 Å². The van der Waals surface area contributed by atoms with Gasteiger partial charge in [-0.15, -0.1) is 0 Å². The number of benzene rings is 3. The molecule has 1 amide bonds. The second-order valence-electron chi connectivity index (χ2n) is 10.9. The largest absolute Gasteiger partial charge is 0.492 e. The molecule has 2 aliphatic rings. The molecule has 6 nitrogen and oxygen atoms in total. The SMILES string of the molecule is CC1(C)OB(C(=Cc2c(N)cc(F)cc2F)CNC(=O)OCC2c3ccccc3-c3ccccc32)OC1(C)C. The van der Waals surface area contributed by atoms with Gasteiger partial charge in [0.2, 0.25) is 0 Å².